The topological polar surface area (TPSA) is 40.6 Å². The molecular weight excluding hydrogens is 404 g/mol. The van der Waals surface area contributed by atoms with Gasteiger partial charge in [-0.2, -0.15) is 0 Å². The van der Waals surface area contributed by atoms with Crippen LogP contribution in [-0.4, -0.2) is 35.2 Å². The van der Waals surface area contributed by atoms with Crippen LogP contribution in [0.4, 0.5) is 0 Å². The molecule has 0 saturated carbocycles. The minimum atomic E-state index is -0.158. The third-order valence-electron chi connectivity index (χ3n) is 5.79. The smallest absolute Gasteiger partial charge is 0.277 e. The van der Waals surface area contributed by atoms with Gasteiger partial charge in [0, 0.05) is 25.0 Å². The minimum absolute atomic E-state index is 0.148. The second kappa shape index (κ2) is 11.8. The van der Waals surface area contributed by atoms with E-state index in [0.717, 1.165) is 23.3 Å². The summed E-state index contributed by atoms with van der Waals surface area (Å²) < 4.78 is 0. The molecule has 166 valence electrons. The molecular formula is C26H34N2O2S. The molecule has 0 radical (unpaired) electrons. The van der Waals surface area contributed by atoms with E-state index in [1.165, 1.54) is 54.8 Å². The average molecular weight is 439 g/mol. The Morgan fingerprint density at radius 1 is 0.839 bits per heavy atom. The van der Waals surface area contributed by atoms with Gasteiger partial charge in [-0.1, -0.05) is 88.3 Å². The third kappa shape index (κ3) is 6.07. The van der Waals surface area contributed by atoms with Gasteiger partial charge in [0.15, 0.2) is 0 Å². The first-order valence-corrected chi connectivity index (χ1v) is 12.4. The molecule has 3 rings (SSSR count). The van der Waals surface area contributed by atoms with E-state index in [0.29, 0.717) is 24.4 Å². The lowest BCUT2D eigenvalue weighted by atomic mass is 10.1. The quantitative estimate of drug-likeness (QED) is 0.280. The van der Waals surface area contributed by atoms with Crippen molar-refractivity contribution in [2.45, 2.75) is 64.8 Å². The van der Waals surface area contributed by atoms with Crippen LogP contribution < -0.4 is 0 Å². The molecule has 1 aromatic carbocycles. The molecule has 31 heavy (non-hydrogen) atoms. The van der Waals surface area contributed by atoms with E-state index < -0.39 is 0 Å². The Hall–Kier alpha value is -2.40. The van der Waals surface area contributed by atoms with Crippen molar-refractivity contribution in [1.82, 2.24) is 9.80 Å². The number of carbonyl (C=O) groups excluding carboxylic acids is 2. The number of rotatable bonds is 13. The molecule has 0 bridgehead atoms. The second-order valence-corrected chi connectivity index (χ2v) is 9.23. The molecule has 5 heteroatoms. The SMILES string of the molecule is CCCCCCCCCCN1C(=O)C(c2cccs2)=C(N(C)Cc2ccccc2)C1=O. The number of unbranched alkanes of at least 4 members (excludes halogenated alkanes) is 7. The number of benzene rings is 1. The highest BCUT2D eigenvalue weighted by Crippen LogP contribution is 2.34. The standard InChI is InChI=1S/C26H34N2O2S/c1-3-4-5-6-7-8-9-13-18-28-25(29)23(22-17-14-19-31-22)24(26(28)30)27(2)20-21-15-11-10-12-16-21/h10-12,14-17,19H,3-9,13,18,20H2,1-2H3. The molecule has 0 saturated heterocycles. The first-order valence-electron chi connectivity index (χ1n) is 11.5. The summed E-state index contributed by atoms with van der Waals surface area (Å²) in [7, 11) is 1.90. The van der Waals surface area contributed by atoms with E-state index in [1.807, 2.05) is 59.8 Å². The Morgan fingerprint density at radius 3 is 2.16 bits per heavy atom. The van der Waals surface area contributed by atoms with Crippen LogP contribution in [0.3, 0.4) is 0 Å². The molecule has 0 N–H and O–H groups in total. The highest BCUT2D eigenvalue weighted by molar-refractivity contribution is 7.11. The van der Waals surface area contributed by atoms with Crippen molar-refractivity contribution >= 4 is 28.7 Å². The van der Waals surface area contributed by atoms with Gasteiger partial charge in [-0.05, 0) is 23.4 Å². The maximum Gasteiger partial charge on any atom is 0.277 e. The maximum atomic E-state index is 13.3. The van der Waals surface area contributed by atoms with Crippen molar-refractivity contribution in [3.05, 3.63) is 64.0 Å². The molecule has 0 spiro atoms. The first-order chi connectivity index (χ1) is 15.1. The van der Waals surface area contributed by atoms with Gasteiger partial charge in [-0.3, -0.25) is 14.5 Å². The summed E-state index contributed by atoms with van der Waals surface area (Å²) in [5.41, 5.74) is 2.19. The molecule has 2 heterocycles. The summed E-state index contributed by atoms with van der Waals surface area (Å²) in [6.45, 7) is 3.33. The lowest BCUT2D eigenvalue weighted by Gasteiger charge is -2.21. The van der Waals surface area contributed by atoms with E-state index in [2.05, 4.69) is 6.92 Å². The molecule has 1 aliphatic rings. The zero-order chi connectivity index (χ0) is 22.1. The van der Waals surface area contributed by atoms with Crippen molar-refractivity contribution in [3.63, 3.8) is 0 Å². The van der Waals surface area contributed by atoms with Crippen molar-refractivity contribution in [1.29, 1.82) is 0 Å². The minimum Gasteiger partial charge on any atom is -0.365 e. The number of likely N-dealkylation sites (N-methyl/N-ethyl adjacent to an activating group) is 1. The summed E-state index contributed by atoms with van der Waals surface area (Å²) in [6, 6.07) is 13.9. The van der Waals surface area contributed by atoms with Crippen molar-refractivity contribution in [3.8, 4) is 0 Å². The molecule has 0 fully saturated rings. The fourth-order valence-electron chi connectivity index (χ4n) is 4.10. The van der Waals surface area contributed by atoms with Crippen LogP contribution >= 0.6 is 11.3 Å². The van der Waals surface area contributed by atoms with Crippen LogP contribution in [-0.2, 0) is 16.1 Å². The van der Waals surface area contributed by atoms with Crippen molar-refractivity contribution in [2.24, 2.45) is 0 Å². The molecule has 0 unspecified atom stereocenters. The fraction of sp³-hybridized carbons (Fsp3) is 0.462. The normalized spacial score (nSPS) is 14.1. The van der Waals surface area contributed by atoms with Crippen molar-refractivity contribution < 1.29 is 9.59 Å². The summed E-state index contributed by atoms with van der Waals surface area (Å²) in [6.07, 6.45) is 9.52. The van der Waals surface area contributed by atoms with Gasteiger partial charge < -0.3 is 4.90 Å². The molecule has 1 aliphatic heterocycles. The number of amides is 2. The van der Waals surface area contributed by atoms with E-state index in [1.54, 1.807) is 0 Å². The van der Waals surface area contributed by atoms with E-state index in [4.69, 9.17) is 0 Å². The molecule has 4 nitrogen and oxygen atoms in total. The number of nitrogens with zero attached hydrogens (tertiary/aromatic N) is 2. The molecule has 2 amide bonds. The Kier molecular flexibility index (Phi) is 8.89. The fourth-order valence-corrected chi connectivity index (χ4v) is 4.87. The Morgan fingerprint density at radius 2 is 1.52 bits per heavy atom. The van der Waals surface area contributed by atoms with Gasteiger partial charge in [0.25, 0.3) is 11.8 Å². The van der Waals surface area contributed by atoms with Crippen LogP contribution in [0, 0.1) is 0 Å². The maximum absolute atomic E-state index is 13.3. The molecule has 1 aromatic heterocycles. The lowest BCUT2D eigenvalue weighted by Crippen LogP contribution is -2.34. The third-order valence-corrected chi connectivity index (χ3v) is 6.68. The van der Waals surface area contributed by atoms with E-state index in [-0.39, 0.29) is 11.8 Å². The lowest BCUT2D eigenvalue weighted by molar-refractivity contribution is -0.137. The zero-order valence-corrected chi connectivity index (χ0v) is 19.6. The number of thiophene rings is 1. The predicted molar refractivity (Wildman–Crippen MR) is 128 cm³/mol. The largest absolute Gasteiger partial charge is 0.365 e. The van der Waals surface area contributed by atoms with Gasteiger partial charge in [0.05, 0.1) is 5.57 Å². The zero-order valence-electron chi connectivity index (χ0n) is 18.8. The summed E-state index contributed by atoms with van der Waals surface area (Å²) in [5, 5.41) is 1.95. The van der Waals surface area contributed by atoms with E-state index in [9.17, 15) is 9.59 Å². The van der Waals surface area contributed by atoms with Gasteiger partial charge in [-0.25, -0.2) is 0 Å². The second-order valence-electron chi connectivity index (χ2n) is 8.28. The monoisotopic (exact) mass is 438 g/mol. The Bertz CT molecular complexity index is 874. The number of imide groups is 1. The van der Waals surface area contributed by atoms with Gasteiger partial charge in [0.1, 0.15) is 5.70 Å². The van der Waals surface area contributed by atoms with Crippen LogP contribution in [0.15, 0.2) is 53.5 Å². The van der Waals surface area contributed by atoms with Crippen LogP contribution in [0.2, 0.25) is 0 Å². The van der Waals surface area contributed by atoms with Crippen molar-refractivity contribution in [2.75, 3.05) is 13.6 Å². The molecule has 0 atom stereocenters. The number of hydrogen-bond donors (Lipinski definition) is 0. The van der Waals surface area contributed by atoms with E-state index >= 15 is 0 Å². The number of carbonyl (C=O) groups is 2. The van der Waals surface area contributed by atoms with Gasteiger partial charge >= 0.3 is 0 Å². The summed E-state index contributed by atoms with van der Waals surface area (Å²) in [5.74, 6) is -0.305. The Labute approximate surface area is 190 Å². The van der Waals surface area contributed by atoms with Gasteiger partial charge in [-0.15, -0.1) is 11.3 Å². The Balaban J connectivity index is 1.65. The first kappa shape index (κ1) is 23.3. The average Bonchev–Trinajstić information content (AvgIpc) is 3.38. The summed E-state index contributed by atoms with van der Waals surface area (Å²) in [4.78, 5) is 30.8. The van der Waals surface area contributed by atoms with Crippen LogP contribution in [0.25, 0.3) is 5.57 Å². The summed E-state index contributed by atoms with van der Waals surface area (Å²) >= 11 is 1.51. The van der Waals surface area contributed by atoms with Crippen LogP contribution in [0.5, 0.6) is 0 Å². The predicted octanol–water partition coefficient (Wildman–Crippen LogP) is 6.10. The van der Waals surface area contributed by atoms with Crippen LogP contribution in [0.1, 0.15) is 68.7 Å². The number of hydrogen-bond acceptors (Lipinski definition) is 4. The highest BCUT2D eigenvalue weighted by atomic mass is 32.1. The molecule has 0 aliphatic carbocycles. The van der Waals surface area contributed by atoms with Gasteiger partial charge in [0.2, 0.25) is 0 Å². The molecule has 2 aromatic rings. The highest BCUT2D eigenvalue weighted by Gasteiger charge is 2.40.